The Morgan fingerprint density at radius 2 is 2.44 bits per heavy atom. The fourth-order valence-corrected chi connectivity index (χ4v) is 2.01. The summed E-state index contributed by atoms with van der Waals surface area (Å²) >= 11 is 1.41. The summed E-state index contributed by atoms with van der Waals surface area (Å²) in [5, 5.41) is 3.95. The average molecular weight is 240 g/mol. The van der Waals surface area contributed by atoms with E-state index in [0.29, 0.717) is 12.4 Å². The van der Waals surface area contributed by atoms with Gasteiger partial charge in [-0.15, -0.1) is 0 Å². The molecule has 0 radical (unpaired) electrons. The van der Waals surface area contributed by atoms with Gasteiger partial charge in [0.2, 0.25) is 0 Å². The van der Waals surface area contributed by atoms with Crippen LogP contribution in [0.5, 0.6) is 0 Å². The SMILES string of the molecule is CCOC(=O)CSc1ncccc1CNC. The van der Waals surface area contributed by atoms with E-state index in [2.05, 4.69) is 10.3 Å². The first-order chi connectivity index (χ1) is 7.77. The van der Waals surface area contributed by atoms with Crippen LogP contribution < -0.4 is 5.32 Å². The molecule has 0 aliphatic carbocycles. The number of carbonyl (C=O) groups excluding carboxylic acids is 1. The molecule has 16 heavy (non-hydrogen) atoms. The number of carbonyl (C=O) groups is 1. The number of pyridine rings is 1. The highest BCUT2D eigenvalue weighted by Crippen LogP contribution is 2.19. The zero-order valence-corrected chi connectivity index (χ0v) is 10.3. The molecule has 1 aromatic heterocycles. The molecule has 0 spiro atoms. The van der Waals surface area contributed by atoms with Crippen molar-refractivity contribution in [2.75, 3.05) is 19.4 Å². The highest BCUT2D eigenvalue weighted by atomic mass is 32.2. The van der Waals surface area contributed by atoms with E-state index in [1.807, 2.05) is 19.2 Å². The molecule has 5 heteroatoms. The van der Waals surface area contributed by atoms with Gasteiger partial charge in [0.15, 0.2) is 0 Å². The van der Waals surface area contributed by atoms with E-state index in [1.165, 1.54) is 11.8 Å². The quantitative estimate of drug-likeness (QED) is 0.602. The van der Waals surface area contributed by atoms with Crippen molar-refractivity contribution in [2.45, 2.75) is 18.5 Å². The molecule has 4 nitrogen and oxygen atoms in total. The summed E-state index contributed by atoms with van der Waals surface area (Å²) in [6.45, 7) is 2.97. The molecule has 0 aliphatic rings. The van der Waals surface area contributed by atoms with Gasteiger partial charge < -0.3 is 10.1 Å². The highest BCUT2D eigenvalue weighted by molar-refractivity contribution is 7.99. The average Bonchev–Trinajstić information content (AvgIpc) is 2.29. The van der Waals surface area contributed by atoms with E-state index in [4.69, 9.17) is 4.74 Å². The molecule has 0 amide bonds. The van der Waals surface area contributed by atoms with Crippen LogP contribution in [0.25, 0.3) is 0 Å². The molecule has 1 aromatic rings. The Morgan fingerprint density at radius 1 is 1.62 bits per heavy atom. The van der Waals surface area contributed by atoms with Crippen LogP contribution in [0, 0.1) is 0 Å². The van der Waals surface area contributed by atoms with Gasteiger partial charge >= 0.3 is 5.97 Å². The normalized spacial score (nSPS) is 10.1. The minimum Gasteiger partial charge on any atom is -0.465 e. The second-order valence-corrected chi connectivity index (χ2v) is 4.06. The number of thioether (sulfide) groups is 1. The van der Waals surface area contributed by atoms with Crippen LogP contribution in [0.1, 0.15) is 12.5 Å². The lowest BCUT2D eigenvalue weighted by Crippen LogP contribution is -2.09. The number of hydrogen-bond acceptors (Lipinski definition) is 5. The van der Waals surface area contributed by atoms with Crippen molar-refractivity contribution in [1.29, 1.82) is 0 Å². The molecule has 88 valence electrons. The van der Waals surface area contributed by atoms with Gasteiger partial charge in [-0.2, -0.15) is 0 Å². The number of rotatable bonds is 6. The molecule has 1 heterocycles. The van der Waals surface area contributed by atoms with E-state index < -0.39 is 0 Å². The maximum atomic E-state index is 11.2. The molecule has 0 aliphatic heterocycles. The minimum absolute atomic E-state index is 0.200. The molecule has 0 saturated heterocycles. The third kappa shape index (κ3) is 4.20. The number of aromatic nitrogens is 1. The van der Waals surface area contributed by atoms with Crippen LogP contribution in [0.4, 0.5) is 0 Å². The van der Waals surface area contributed by atoms with E-state index >= 15 is 0 Å². The van der Waals surface area contributed by atoms with Crippen LogP contribution in [0.2, 0.25) is 0 Å². The van der Waals surface area contributed by atoms with Crippen LogP contribution in [0.15, 0.2) is 23.4 Å². The van der Waals surface area contributed by atoms with Crippen molar-refractivity contribution < 1.29 is 9.53 Å². The summed E-state index contributed by atoms with van der Waals surface area (Å²) in [5.74, 6) is 0.107. The molecule has 0 saturated carbocycles. The van der Waals surface area contributed by atoms with E-state index in [9.17, 15) is 4.79 Å². The lowest BCUT2D eigenvalue weighted by molar-refractivity contribution is -0.139. The first-order valence-electron chi connectivity index (χ1n) is 5.14. The van der Waals surface area contributed by atoms with E-state index in [0.717, 1.165) is 17.1 Å². The maximum absolute atomic E-state index is 11.2. The largest absolute Gasteiger partial charge is 0.465 e. The standard InChI is InChI=1S/C11H16N2O2S/c1-3-15-10(14)8-16-11-9(7-12-2)5-4-6-13-11/h4-6,12H,3,7-8H2,1-2H3. The summed E-state index contributed by atoms with van der Waals surface area (Å²) < 4.78 is 4.86. The lowest BCUT2D eigenvalue weighted by atomic mass is 10.3. The van der Waals surface area contributed by atoms with Crippen molar-refractivity contribution in [1.82, 2.24) is 10.3 Å². The van der Waals surface area contributed by atoms with Crippen molar-refractivity contribution in [3.05, 3.63) is 23.9 Å². The Bertz CT molecular complexity index is 345. The number of nitrogens with zero attached hydrogens (tertiary/aromatic N) is 1. The first-order valence-corrected chi connectivity index (χ1v) is 6.13. The third-order valence-electron chi connectivity index (χ3n) is 1.85. The van der Waals surface area contributed by atoms with Gasteiger partial charge in [0, 0.05) is 12.7 Å². The summed E-state index contributed by atoms with van der Waals surface area (Å²) in [6, 6.07) is 3.89. The molecule has 0 fully saturated rings. The molecular weight excluding hydrogens is 224 g/mol. The summed E-state index contributed by atoms with van der Waals surface area (Å²) in [4.78, 5) is 15.4. The van der Waals surface area contributed by atoms with Gasteiger partial charge in [-0.05, 0) is 25.6 Å². The van der Waals surface area contributed by atoms with Crippen LogP contribution in [0.3, 0.4) is 0 Å². The number of hydrogen-bond donors (Lipinski definition) is 1. The van der Waals surface area contributed by atoms with Crippen LogP contribution in [-0.2, 0) is 16.1 Å². The summed E-state index contributed by atoms with van der Waals surface area (Å²) in [6.07, 6.45) is 1.73. The smallest absolute Gasteiger partial charge is 0.316 e. The molecule has 0 unspecified atom stereocenters. The Balaban J connectivity index is 2.55. The molecular formula is C11H16N2O2S. The number of nitrogens with one attached hydrogen (secondary N) is 1. The zero-order valence-electron chi connectivity index (χ0n) is 9.53. The Kier molecular flexibility index (Phi) is 5.88. The lowest BCUT2D eigenvalue weighted by Gasteiger charge is -2.06. The molecule has 1 N–H and O–H groups in total. The van der Waals surface area contributed by atoms with Gasteiger partial charge in [-0.25, -0.2) is 4.98 Å². The topological polar surface area (TPSA) is 51.2 Å². The maximum Gasteiger partial charge on any atom is 0.316 e. The molecule has 0 atom stereocenters. The predicted octanol–water partition coefficient (Wildman–Crippen LogP) is 1.46. The first kappa shape index (κ1) is 13.0. The van der Waals surface area contributed by atoms with Crippen molar-refractivity contribution >= 4 is 17.7 Å². The number of esters is 1. The van der Waals surface area contributed by atoms with Gasteiger partial charge in [-0.3, -0.25) is 4.79 Å². The number of ether oxygens (including phenoxy) is 1. The van der Waals surface area contributed by atoms with E-state index in [-0.39, 0.29) is 5.97 Å². The van der Waals surface area contributed by atoms with Crippen molar-refractivity contribution in [3.8, 4) is 0 Å². The monoisotopic (exact) mass is 240 g/mol. The molecule has 0 aromatic carbocycles. The van der Waals surface area contributed by atoms with Gasteiger partial charge in [0.05, 0.1) is 12.4 Å². The minimum atomic E-state index is -0.200. The predicted molar refractivity (Wildman–Crippen MR) is 64.4 cm³/mol. The van der Waals surface area contributed by atoms with E-state index in [1.54, 1.807) is 13.1 Å². The third-order valence-corrected chi connectivity index (χ3v) is 2.87. The van der Waals surface area contributed by atoms with Gasteiger partial charge in [0.1, 0.15) is 5.03 Å². The van der Waals surface area contributed by atoms with Gasteiger partial charge in [0.25, 0.3) is 0 Å². The molecule has 0 bridgehead atoms. The second kappa shape index (κ2) is 7.24. The summed E-state index contributed by atoms with van der Waals surface area (Å²) in [7, 11) is 1.88. The Morgan fingerprint density at radius 3 is 3.12 bits per heavy atom. The van der Waals surface area contributed by atoms with Gasteiger partial charge in [-0.1, -0.05) is 17.8 Å². The van der Waals surface area contributed by atoms with Crippen LogP contribution >= 0.6 is 11.8 Å². The summed E-state index contributed by atoms with van der Waals surface area (Å²) in [5.41, 5.74) is 1.10. The Labute approximate surface area is 99.8 Å². The fourth-order valence-electron chi connectivity index (χ4n) is 1.21. The fraction of sp³-hybridized carbons (Fsp3) is 0.455. The zero-order chi connectivity index (χ0) is 11.8. The Hall–Kier alpha value is -1.07. The van der Waals surface area contributed by atoms with Crippen molar-refractivity contribution in [2.24, 2.45) is 0 Å². The second-order valence-electron chi connectivity index (χ2n) is 3.09. The molecule has 1 rings (SSSR count). The highest BCUT2D eigenvalue weighted by Gasteiger charge is 2.07. The van der Waals surface area contributed by atoms with Crippen LogP contribution in [-0.4, -0.2) is 30.4 Å². The van der Waals surface area contributed by atoms with Crippen molar-refractivity contribution in [3.63, 3.8) is 0 Å².